The van der Waals surface area contributed by atoms with Crippen molar-refractivity contribution < 1.29 is 20.8 Å². The molecule has 0 spiro atoms. The molecule has 0 aliphatic carbocycles. The summed E-state index contributed by atoms with van der Waals surface area (Å²) in [5, 5.41) is 10.6. The Morgan fingerprint density at radius 1 is 0.538 bits per heavy atom. The molecule has 0 aliphatic rings. The number of aryl methyl sites for hydroxylation is 2. The molecular weight excluding hydrogens is 853 g/mol. The molecule has 0 heterocycles. The summed E-state index contributed by atoms with van der Waals surface area (Å²) in [6.07, 6.45) is 1.08. The van der Waals surface area contributed by atoms with Crippen molar-refractivity contribution >= 4 is 109 Å². The second-order valence-corrected chi connectivity index (χ2v) is 26.8. The van der Waals surface area contributed by atoms with E-state index in [0.29, 0.717) is 0 Å². The molecule has 8 heteroatoms. The average molecular weight is 892 g/mol. The second kappa shape index (κ2) is 19.9. The number of hydrogen-bond donors (Lipinski definition) is 0. The fraction of sp³-hybridized carbons (Fsp3) is 0.136. The maximum atomic E-state index is 5.64. The van der Waals surface area contributed by atoms with Gasteiger partial charge in [0.25, 0.3) is 0 Å². The van der Waals surface area contributed by atoms with E-state index in [2.05, 4.69) is 166 Å². The number of rotatable bonds is 6. The molecule has 0 bridgehead atoms. The van der Waals surface area contributed by atoms with E-state index in [1.54, 1.807) is 0 Å². The SMILES string of the molecule is C[Si]CCC[Si](Cl)(Cl)Cl.Cc1cc2c(-c3cccc4ccccc34)cccc2[cH-]1.Cc1cc2c(-c3cccc4ccccc34)cccc2[cH-]1.[Cl][Zr+2][Cl]. The van der Waals surface area contributed by atoms with Gasteiger partial charge in [0.15, 0.2) is 0 Å². The van der Waals surface area contributed by atoms with E-state index >= 15 is 0 Å². The van der Waals surface area contributed by atoms with Crippen LogP contribution < -0.4 is 0 Å². The van der Waals surface area contributed by atoms with Crippen LogP contribution in [0.4, 0.5) is 0 Å². The van der Waals surface area contributed by atoms with Gasteiger partial charge in [-0.15, -0.1) is 102 Å². The summed E-state index contributed by atoms with van der Waals surface area (Å²) < 4.78 is 0. The topological polar surface area (TPSA) is 0 Å². The van der Waals surface area contributed by atoms with Gasteiger partial charge in [0.2, 0.25) is 0 Å². The van der Waals surface area contributed by atoms with Gasteiger partial charge in [-0.25, -0.2) is 0 Å². The Balaban J connectivity index is 0.000000155. The van der Waals surface area contributed by atoms with Crippen LogP contribution >= 0.6 is 50.3 Å². The summed E-state index contributed by atoms with van der Waals surface area (Å²) in [6, 6.07) is 52.2. The van der Waals surface area contributed by atoms with E-state index in [4.69, 9.17) is 50.3 Å². The average Bonchev–Trinajstić information content (AvgIpc) is 3.72. The van der Waals surface area contributed by atoms with Gasteiger partial charge in [0.1, 0.15) is 0 Å². The summed E-state index contributed by atoms with van der Waals surface area (Å²) in [5.41, 5.74) is 7.94. The third-order valence-corrected chi connectivity index (χ3v) is 12.3. The van der Waals surface area contributed by atoms with Crippen LogP contribution in [0.3, 0.4) is 0 Å². The molecule has 8 aromatic carbocycles. The zero-order chi connectivity index (χ0) is 37.1. The van der Waals surface area contributed by atoms with Crippen LogP contribution in [-0.4, -0.2) is 15.5 Å². The van der Waals surface area contributed by atoms with Crippen molar-refractivity contribution in [3.05, 3.63) is 157 Å². The molecule has 0 atom stereocenters. The van der Waals surface area contributed by atoms with Crippen molar-refractivity contribution in [3.8, 4) is 22.3 Å². The minimum absolute atomic E-state index is 0.818. The van der Waals surface area contributed by atoms with E-state index in [-0.39, 0.29) is 0 Å². The molecule has 0 N–H and O–H groups in total. The number of halogens is 5. The Morgan fingerprint density at radius 3 is 1.31 bits per heavy atom. The van der Waals surface area contributed by atoms with Gasteiger partial charge in [-0.05, 0) is 38.7 Å². The van der Waals surface area contributed by atoms with E-state index in [0.717, 1.165) is 22.0 Å². The first-order valence-corrected chi connectivity index (χ1v) is 30.4. The van der Waals surface area contributed by atoms with Gasteiger partial charge in [-0.1, -0.05) is 141 Å². The van der Waals surface area contributed by atoms with Crippen molar-refractivity contribution in [3.63, 3.8) is 0 Å². The molecule has 0 aliphatic heterocycles. The van der Waals surface area contributed by atoms with Crippen LogP contribution in [0.1, 0.15) is 17.5 Å². The third kappa shape index (κ3) is 11.0. The Labute approximate surface area is 344 Å². The number of fused-ring (bicyclic) bond motifs is 4. The molecule has 262 valence electrons. The third-order valence-electron chi connectivity index (χ3n) is 8.84. The van der Waals surface area contributed by atoms with Crippen molar-refractivity contribution in [2.24, 2.45) is 0 Å². The first kappa shape index (κ1) is 41.0. The molecule has 0 fully saturated rings. The van der Waals surface area contributed by atoms with Gasteiger partial charge in [0.05, 0.1) is 0 Å². The standard InChI is InChI=1S/2C20H15.C4H9Cl3Si2.2ClH.Zr/c2*1-14-12-16-8-5-11-19(20(16)13-14)18-10-4-7-15-6-2-3-9-17(15)18;1-8-3-2-4-9(5,6)7;;;/h2*2-13H,1H3;2-4H2,1H3;2*1H;/q2*-1;;;;+4/p-2. The molecule has 0 nitrogen and oxygen atoms in total. The van der Waals surface area contributed by atoms with Gasteiger partial charge in [0, 0.05) is 9.52 Å². The normalized spacial score (nSPS) is 10.9. The van der Waals surface area contributed by atoms with E-state index in [1.807, 2.05) is 0 Å². The van der Waals surface area contributed by atoms with Crippen molar-refractivity contribution in [2.75, 3.05) is 0 Å². The Morgan fingerprint density at radius 2 is 0.904 bits per heavy atom. The van der Waals surface area contributed by atoms with Crippen LogP contribution in [0.5, 0.6) is 0 Å². The summed E-state index contributed by atoms with van der Waals surface area (Å²) in [6.45, 7) is 6.49. The molecule has 0 aromatic heterocycles. The second-order valence-electron chi connectivity index (χ2n) is 12.6. The number of hydrogen-bond acceptors (Lipinski definition) is 0. The summed E-state index contributed by atoms with van der Waals surface area (Å²) >= 11 is 16.1. The van der Waals surface area contributed by atoms with Crippen LogP contribution in [0.25, 0.3) is 65.3 Å². The summed E-state index contributed by atoms with van der Waals surface area (Å²) in [4.78, 5) is 0. The fourth-order valence-electron chi connectivity index (χ4n) is 6.63. The van der Waals surface area contributed by atoms with Crippen molar-refractivity contribution in [2.45, 2.75) is 38.9 Å². The zero-order valence-corrected chi connectivity index (χ0v) is 37.6. The molecule has 2 radical (unpaired) electrons. The molecule has 0 saturated heterocycles. The van der Waals surface area contributed by atoms with Gasteiger partial charge in [-0.3, -0.25) is 0 Å². The maximum absolute atomic E-state index is 5.64. The van der Waals surface area contributed by atoms with Gasteiger partial charge < -0.3 is 0 Å². The Bertz CT molecular complexity index is 2190. The zero-order valence-electron chi connectivity index (χ0n) is 29.4. The summed E-state index contributed by atoms with van der Waals surface area (Å²) in [7, 11) is 10.9. The number of benzene rings is 6. The molecule has 0 saturated carbocycles. The molecule has 8 aromatic rings. The first-order chi connectivity index (χ1) is 25.1. The molecule has 0 amide bonds. The van der Waals surface area contributed by atoms with Gasteiger partial charge >= 0.3 is 43.9 Å². The van der Waals surface area contributed by atoms with E-state index in [1.165, 1.54) is 82.5 Å². The van der Waals surface area contributed by atoms with Crippen LogP contribution in [0, 0.1) is 13.8 Å². The van der Waals surface area contributed by atoms with Crippen molar-refractivity contribution in [1.82, 2.24) is 0 Å². The molecule has 52 heavy (non-hydrogen) atoms. The van der Waals surface area contributed by atoms with E-state index in [9.17, 15) is 0 Å². The van der Waals surface area contributed by atoms with Crippen LogP contribution in [-0.2, 0) is 20.8 Å². The van der Waals surface area contributed by atoms with Crippen molar-refractivity contribution in [1.29, 1.82) is 0 Å². The quantitative estimate of drug-likeness (QED) is 0.0675. The minimum atomic E-state index is -2.27. The van der Waals surface area contributed by atoms with E-state index < -0.39 is 26.9 Å². The predicted molar refractivity (Wildman–Crippen MR) is 235 cm³/mol. The Hall–Kier alpha value is -2.17. The Kier molecular flexibility index (Phi) is 15.7. The molecule has 8 rings (SSSR count). The monoisotopic (exact) mass is 888 g/mol. The van der Waals surface area contributed by atoms with Gasteiger partial charge in [-0.2, -0.15) is 12.1 Å². The predicted octanol–water partition coefficient (Wildman–Crippen LogP) is 16.0. The molecular formula is C44H39Cl5Si2Zr. The van der Waals surface area contributed by atoms with Crippen LogP contribution in [0.2, 0.25) is 18.6 Å². The van der Waals surface area contributed by atoms with Crippen LogP contribution in [0.15, 0.2) is 146 Å². The molecule has 0 unspecified atom stereocenters. The summed E-state index contributed by atoms with van der Waals surface area (Å²) in [5.74, 6) is 0. The fourth-order valence-corrected chi connectivity index (χ4v) is 9.29. The first-order valence-electron chi connectivity index (χ1n) is 17.1.